The number of nitrogens with zero attached hydrogens (tertiary/aromatic N) is 3. The summed E-state index contributed by atoms with van der Waals surface area (Å²) in [6, 6.07) is 3.77. The molecule has 6 nitrogen and oxygen atoms in total. The second-order valence-corrected chi connectivity index (χ2v) is 5.51. The molecule has 0 saturated carbocycles. The molecule has 0 bridgehead atoms. The molecule has 0 radical (unpaired) electrons. The van der Waals surface area contributed by atoms with Crippen LogP contribution in [0.3, 0.4) is 0 Å². The van der Waals surface area contributed by atoms with Crippen molar-refractivity contribution in [3.8, 4) is 0 Å². The Morgan fingerprint density at radius 3 is 2.90 bits per heavy atom. The molecule has 1 atom stereocenters. The van der Waals surface area contributed by atoms with E-state index in [1.54, 1.807) is 12.4 Å². The third-order valence-corrected chi connectivity index (χ3v) is 4.15. The van der Waals surface area contributed by atoms with Gasteiger partial charge < -0.3 is 19.9 Å². The van der Waals surface area contributed by atoms with Gasteiger partial charge in [-0.15, -0.1) is 0 Å². The van der Waals surface area contributed by atoms with E-state index in [4.69, 9.17) is 0 Å². The monoisotopic (exact) mass is 288 g/mol. The number of aliphatic hydroxyl groups is 1. The maximum Gasteiger partial charge on any atom is 0.232 e. The maximum atomic E-state index is 12.7. The van der Waals surface area contributed by atoms with Gasteiger partial charge in [0.1, 0.15) is 5.65 Å². The van der Waals surface area contributed by atoms with E-state index in [9.17, 15) is 9.90 Å². The Bertz CT molecular complexity index is 631. The first-order valence-corrected chi connectivity index (χ1v) is 7.21. The van der Waals surface area contributed by atoms with Crippen molar-refractivity contribution in [1.29, 1.82) is 0 Å². The van der Waals surface area contributed by atoms with Crippen molar-refractivity contribution >= 4 is 16.9 Å². The quantitative estimate of drug-likeness (QED) is 0.858. The van der Waals surface area contributed by atoms with Gasteiger partial charge in [-0.25, -0.2) is 4.98 Å². The molecule has 1 unspecified atom stereocenters. The summed E-state index contributed by atoms with van der Waals surface area (Å²) >= 11 is 0. The Morgan fingerprint density at radius 1 is 1.43 bits per heavy atom. The summed E-state index contributed by atoms with van der Waals surface area (Å²) in [5.41, 5.74) is 1.57. The van der Waals surface area contributed by atoms with Crippen LogP contribution >= 0.6 is 0 Å². The molecule has 1 aliphatic heterocycles. The molecule has 1 amide bonds. The van der Waals surface area contributed by atoms with E-state index in [0.29, 0.717) is 13.1 Å². The van der Waals surface area contributed by atoms with Crippen molar-refractivity contribution in [2.45, 2.75) is 5.92 Å². The first kappa shape index (κ1) is 14.0. The van der Waals surface area contributed by atoms with Gasteiger partial charge in [0.15, 0.2) is 0 Å². The normalized spacial score (nSPS) is 18.1. The van der Waals surface area contributed by atoms with Gasteiger partial charge in [-0.2, -0.15) is 0 Å². The summed E-state index contributed by atoms with van der Waals surface area (Å²) in [7, 11) is 2.05. The number of hydrogen-bond acceptors (Lipinski definition) is 4. The number of amides is 1. The number of aromatic amines is 1. The lowest BCUT2D eigenvalue weighted by Gasteiger charge is -2.34. The van der Waals surface area contributed by atoms with E-state index < -0.39 is 5.92 Å². The Morgan fingerprint density at radius 2 is 2.19 bits per heavy atom. The van der Waals surface area contributed by atoms with Gasteiger partial charge in [0.25, 0.3) is 0 Å². The van der Waals surface area contributed by atoms with E-state index in [-0.39, 0.29) is 12.5 Å². The van der Waals surface area contributed by atoms with Crippen LogP contribution in [0.2, 0.25) is 0 Å². The van der Waals surface area contributed by atoms with E-state index in [2.05, 4.69) is 21.9 Å². The largest absolute Gasteiger partial charge is 0.395 e. The number of hydrogen-bond donors (Lipinski definition) is 2. The standard InChI is InChI=1S/C15H20N4O2/c1-18-5-7-19(8-6-18)15(21)13(10-20)12-9-17-14-11(12)3-2-4-16-14/h2-4,9,13,20H,5-8,10H2,1H3,(H,16,17). The van der Waals surface area contributed by atoms with Gasteiger partial charge in [0.05, 0.1) is 12.5 Å². The average Bonchev–Trinajstić information content (AvgIpc) is 2.93. The minimum absolute atomic E-state index is 0.00430. The minimum atomic E-state index is -0.522. The van der Waals surface area contributed by atoms with Crippen LogP contribution in [0.5, 0.6) is 0 Å². The maximum absolute atomic E-state index is 12.7. The molecule has 2 aromatic rings. The Labute approximate surface area is 123 Å². The first-order valence-electron chi connectivity index (χ1n) is 7.21. The van der Waals surface area contributed by atoms with E-state index in [1.807, 2.05) is 17.0 Å². The fourth-order valence-electron chi connectivity index (χ4n) is 2.82. The van der Waals surface area contributed by atoms with Crippen LogP contribution in [-0.4, -0.2) is 70.6 Å². The number of aliphatic hydroxyl groups excluding tert-OH is 1. The number of rotatable bonds is 3. The number of carbonyl (C=O) groups excluding carboxylic acids is 1. The van der Waals surface area contributed by atoms with E-state index >= 15 is 0 Å². The Balaban J connectivity index is 1.86. The highest BCUT2D eigenvalue weighted by atomic mass is 16.3. The summed E-state index contributed by atoms with van der Waals surface area (Å²) in [5.74, 6) is -0.526. The third-order valence-electron chi connectivity index (χ3n) is 4.15. The summed E-state index contributed by atoms with van der Waals surface area (Å²) in [6.45, 7) is 2.99. The smallest absolute Gasteiger partial charge is 0.232 e. The highest BCUT2D eigenvalue weighted by molar-refractivity contribution is 5.90. The van der Waals surface area contributed by atoms with Crippen molar-refractivity contribution in [3.63, 3.8) is 0 Å². The Hall–Kier alpha value is -1.92. The molecular weight excluding hydrogens is 268 g/mol. The number of H-pyrrole nitrogens is 1. The van der Waals surface area contributed by atoms with Crippen LogP contribution < -0.4 is 0 Å². The fraction of sp³-hybridized carbons (Fsp3) is 0.467. The predicted molar refractivity (Wildman–Crippen MR) is 80.0 cm³/mol. The number of fused-ring (bicyclic) bond motifs is 1. The average molecular weight is 288 g/mol. The minimum Gasteiger partial charge on any atom is -0.395 e. The van der Waals surface area contributed by atoms with Crippen molar-refractivity contribution in [2.75, 3.05) is 39.8 Å². The third kappa shape index (κ3) is 2.64. The molecule has 2 aromatic heterocycles. The summed E-state index contributed by atoms with van der Waals surface area (Å²) in [5, 5.41) is 10.6. The van der Waals surface area contributed by atoms with Crippen molar-refractivity contribution in [3.05, 3.63) is 30.1 Å². The van der Waals surface area contributed by atoms with Gasteiger partial charge >= 0.3 is 0 Å². The van der Waals surface area contributed by atoms with Crippen LogP contribution in [0.4, 0.5) is 0 Å². The molecule has 21 heavy (non-hydrogen) atoms. The Kier molecular flexibility index (Phi) is 3.90. The van der Waals surface area contributed by atoms with Gasteiger partial charge in [-0.3, -0.25) is 4.79 Å². The summed E-state index contributed by atoms with van der Waals surface area (Å²) < 4.78 is 0. The number of carbonyl (C=O) groups is 1. The molecule has 1 aliphatic rings. The molecule has 1 fully saturated rings. The number of likely N-dealkylation sites (N-methyl/N-ethyl adjacent to an activating group) is 1. The SMILES string of the molecule is CN1CCN(C(=O)C(CO)c2c[nH]c3ncccc23)CC1. The van der Waals surface area contributed by atoms with Crippen LogP contribution in [0.15, 0.2) is 24.5 Å². The highest BCUT2D eigenvalue weighted by Crippen LogP contribution is 2.26. The molecule has 3 heterocycles. The second kappa shape index (κ2) is 5.83. The number of aromatic nitrogens is 2. The molecule has 0 aliphatic carbocycles. The van der Waals surface area contributed by atoms with Gasteiger partial charge in [0.2, 0.25) is 5.91 Å². The lowest BCUT2D eigenvalue weighted by Crippen LogP contribution is -2.49. The molecule has 6 heteroatoms. The molecule has 0 aromatic carbocycles. The zero-order chi connectivity index (χ0) is 14.8. The van der Waals surface area contributed by atoms with Crippen molar-refractivity contribution in [2.24, 2.45) is 0 Å². The highest BCUT2D eigenvalue weighted by Gasteiger charge is 2.29. The van der Waals surface area contributed by atoms with E-state index in [1.165, 1.54) is 0 Å². The van der Waals surface area contributed by atoms with Crippen LogP contribution in [0.25, 0.3) is 11.0 Å². The number of pyridine rings is 1. The molecule has 1 saturated heterocycles. The van der Waals surface area contributed by atoms with Gasteiger partial charge in [0, 0.05) is 44.0 Å². The molecular formula is C15H20N4O2. The first-order chi connectivity index (χ1) is 10.2. The summed E-state index contributed by atoms with van der Waals surface area (Å²) in [6.07, 6.45) is 3.49. The van der Waals surface area contributed by atoms with Gasteiger partial charge in [-0.05, 0) is 24.7 Å². The lowest BCUT2D eigenvalue weighted by molar-refractivity contribution is -0.135. The van der Waals surface area contributed by atoms with Crippen LogP contribution in [0.1, 0.15) is 11.5 Å². The molecule has 3 rings (SSSR count). The van der Waals surface area contributed by atoms with Gasteiger partial charge in [-0.1, -0.05) is 0 Å². The van der Waals surface area contributed by atoms with Crippen molar-refractivity contribution < 1.29 is 9.90 Å². The lowest BCUT2D eigenvalue weighted by atomic mass is 9.98. The fourth-order valence-corrected chi connectivity index (χ4v) is 2.82. The molecule has 112 valence electrons. The zero-order valence-electron chi connectivity index (χ0n) is 12.1. The molecule has 2 N–H and O–H groups in total. The van der Waals surface area contributed by atoms with Crippen LogP contribution in [-0.2, 0) is 4.79 Å². The second-order valence-electron chi connectivity index (χ2n) is 5.51. The molecule has 0 spiro atoms. The topological polar surface area (TPSA) is 72.5 Å². The summed E-state index contributed by atoms with van der Waals surface area (Å²) in [4.78, 5) is 24.0. The van der Waals surface area contributed by atoms with Crippen molar-refractivity contribution in [1.82, 2.24) is 19.8 Å². The predicted octanol–water partition coefficient (Wildman–Crippen LogP) is 0.413. The number of piperazine rings is 1. The number of nitrogens with one attached hydrogen (secondary N) is 1. The van der Waals surface area contributed by atoms with E-state index in [0.717, 1.165) is 29.7 Å². The zero-order valence-corrected chi connectivity index (χ0v) is 12.1. The van der Waals surface area contributed by atoms with Crippen LogP contribution in [0, 0.1) is 0 Å².